The van der Waals surface area contributed by atoms with Gasteiger partial charge in [0.25, 0.3) is 0 Å². The molecule has 0 unspecified atom stereocenters. The van der Waals surface area contributed by atoms with Crippen molar-refractivity contribution in [2.45, 2.75) is 18.0 Å². The highest BCUT2D eigenvalue weighted by molar-refractivity contribution is 6.02. The van der Waals surface area contributed by atoms with E-state index in [-0.39, 0.29) is 0 Å². The summed E-state index contributed by atoms with van der Waals surface area (Å²) in [6.07, 6.45) is -13.9. The quantitative estimate of drug-likeness (QED) is 0.369. The van der Waals surface area contributed by atoms with Crippen LogP contribution >= 0.6 is 0 Å². The van der Waals surface area contributed by atoms with Crippen LogP contribution < -0.4 is 0 Å². The molecule has 1 aromatic carbocycles. The Morgan fingerprint density at radius 1 is 1.08 bits per heavy atom. The van der Waals surface area contributed by atoms with Gasteiger partial charge in [0, 0.05) is 11.6 Å². The second kappa shape index (κ2) is 6.10. The Morgan fingerprint density at radius 3 is 1.96 bits per heavy atom. The van der Waals surface area contributed by atoms with E-state index in [1.165, 1.54) is 0 Å². The molecular weight excluding hydrogens is 354 g/mol. The van der Waals surface area contributed by atoms with Crippen LogP contribution in [0, 0.1) is 12.4 Å². The number of hydrogen-bond acceptors (Lipinski definition) is 2. The van der Waals surface area contributed by atoms with Crippen molar-refractivity contribution in [3.05, 3.63) is 47.1 Å². The van der Waals surface area contributed by atoms with E-state index in [2.05, 4.69) is 4.85 Å². The monoisotopic (exact) mass is 359 g/mol. The summed E-state index contributed by atoms with van der Waals surface area (Å²) >= 11 is 0. The van der Waals surface area contributed by atoms with Crippen LogP contribution in [0.15, 0.2) is 24.3 Å². The Bertz CT molecular complexity index is 713. The maximum atomic E-state index is 13.4. The topological polar surface area (TPSA) is 41.7 Å². The van der Waals surface area contributed by atoms with E-state index in [4.69, 9.17) is 6.57 Å². The number of halogens is 8. The summed E-state index contributed by atoms with van der Waals surface area (Å²) in [7, 11) is 0. The van der Waals surface area contributed by atoms with Crippen LogP contribution in [-0.2, 0) is 4.79 Å². The highest BCUT2D eigenvalue weighted by atomic mass is 19.4. The zero-order valence-corrected chi connectivity index (χ0v) is 11.1. The van der Waals surface area contributed by atoms with E-state index in [9.17, 15) is 45.0 Å². The largest absolute Gasteiger partial charge is 0.507 e. The molecule has 0 aliphatic carbocycles. The molecule has 0 radical (unpaired) electrons. The molecule has 1 rings (SSSR count). The molecule has 11 heteroatoms. The minimum absolute atomic E-state index is 0.383. The lowest BCUT2D eigenvalue weighted by molar-refractivity contribution is -0.323. The molecule has 0 aliphatic heterocycles. The fourth-order valence-electron chi connectivity index (χ4n) is 1.50. The van der Waals surface area contributed by atoms with Gasteiger partial charge in [-0.2, -0.15) is 26.3 Å². The van der Waals surface area contributed by atoms with Gasteiger partial charge < -0.3 is 5.11 Å². The van der Waals surface area contributed by atoms with Crippen molar-refractivity contribution in [3.8, 4) is 0 Å². The number of ketones is 1. The number of carbonyl (C=O) groups excluding carboxylic acids is 1. The Morgan fingerprint density at radius 2 is 1.58 bits per heavy atom. The van der Waals surface area contributed by atoms with Crippen LogP contribution in [0.3, 0.4) is 0 Å². The summed E-state index contributed by atoms with van der Waals surface area (Å²) in [5.41, 5.74) is -7.51. The minimum atomic E-state index is -6.63. The molecule has 0 atom stereocenters. The molecule has 3 nitrogen and oxygen atoms in total. The van der Waals surface area contributed by atoms with Gasteiger partial charge in [0.1, 0.15) is 11.6 Å². The highest BCUT2D eigenvalue weighted by Gasteiger charge is 2.76. The molecule has 0 spiro atoms. The Balaban J connectivity index is 3.35. The number of carbonyl (C=O) groups is 1. The Labute approximate surface area is 128 Å². The summed E-state index contributed by atoms with van der Waals surface area (Å²) in [5.74, 6) is -5.92. The molecule has 0 aliphatic rings. The molecule has 0 aromatic heterocycles. The van der Waals surface area contributed by atoms with Gasteiger partial charge in [0.15, 0.2) is 0 Å². The lowest BCUT2D eigenvalue weighted by Gasteiger charge is -2.27. The summed E-state index contributed by atoms with van der Waals surface area (Å²) in [6.45, 7) is 6.55. The van der Waals surface area contributed by atoms with Gasteiger partial charge in [-0.3, -0.25) is 4.79 Å². The maximum absolute atomic E-state index is 13.4. The smallest absolute Gasteiger partial charge is 0.439 e. The first kappa shape index (κ1) is 19.4. The van der Waals surface area contributed by atoms with Gasteiger partial charge >= 0.3 is 18.0 Å². The predicted octanol–water partition coefficient (Wildman–Crippen LogP) is 4.68. The number of aliphatic hydroxyl groups excluding tert-OH is 1. The number of alkyl halides is 7. The first-order valence-electron chi connectivity index (χ1n) is 5.70. The van der Waals surface area contributed by atoms with Gasteiger partial charge in [0.05, 0.1) is 6.57 Å². The first-order valence-corrected chi connectivity index (χ1v) is 5.70. The van der Waals surface area contributed by atoms with Crippen LogP contribution in [0.5, 0.6) is 0 Å². The lowest BCUT2D eigenvalue weighted by Crippen LogP contribution is -2.58. The second-order valence-corrected chi connectivity index (χ2v) is 4.33. The fourth-order valence-corrected chi connectivity index (χ4v) is 1.50. The molecule has 0 amide bonds. The first-order chi connectivity index (χ1) is 10.8. The molecule has 0 bridgehead atoms. The normalized spacial score (nSPS) is 13.5. The standard InChI is InChI=1S/C13H5F8NO2/c1-22-8-3-2-6(4-7(8)14)9(23)5-10(24)11(15,12(16,17)18)13(19,20)21/h2-5,23H/b9-5-. The van der Waals surface area contributed by atoms with Crippen LogP contribution in [0.2, 0.25) is 0 Å². The summed E-state index contributed by atoms with van der Waals surface area (Å²) < 4.78 is 101. The molecule has 0 fully saturated rings. The Hall–Kier alpha value is -2.64. The van der Waals surface area contributed by atoms with Gasteiger partial charge in [0.2, 0.25) is 11.5 Å². The molecule has 130 valence electrons. The van der Waals surface area contributed by atoms with Crippen LogP contribution in [0.25, 0.3) is 10.6 Å². The van der Waals surface area contributed by atoms with E-state index in [0.717, 1.165) is 12.1 Å². The van der Waals surface area contributed by atoms with Gasteiger partial charge in [-0.05, 0) is 6.07 Å². The summed E-state index contributed by atoms with van der Waals surface area (Å²) in [5, 5.41) is 9.37. The fraction of sp³-hybridized carbons (Fsp3) is 0.231. The number of aliphatic hydroxyl groups is 1. The van der Waals surface area contributed by atoms with E-state index in [1.54, 1.807) is 0 Å². The maximum Gasteiger partial charge on any atom is 0.439 e. The lowest BCUT2D eigenvalue weighted by atomic mass is 9.97. The zero-order chi connectivity index (χ0) is 18.9. The molecule has 24 heavy (non-hydrogen) atoms. The average molecular weight is 359 g/mol. The van der Waals surface area contributed by atoms with Gasteiger partial charge in [-0.25, -0.2) is 13.6 Å². The third-order valence-electron chi connectivity index (χ3n) is 2.75. The number of rotatable bonds is 3. The molecule has 1 aromatic rings. The van der Waals surface area contributed by atoms with Crippen molar-refractivity contribution in [2.24, 2.45) is 0 Å². The highest BCUT2D eigenvalue weighted by Crippen LogP contribution is 2.47. The third kappa shape index (κ3) is 3.32. The molecule has 1 N–H and O–H groups in total. The van der Waals surface area contributed by atoms with Gasteiger partial charge in [-0.1, -0.05) is 12.1 Å². The van der Waals surface area contributed by atoms with Crippen LogP contribution in [0.1, 0.15) is 5.56 Å². The number of allylic oxidation sites excluding steroid dienone is 1. The predicted molar refractivity (Wildman–Crippen MR) is 64.2 cm³/mol. The SMILES string of the molecule is [C-]#[N+]c1ccc(/C(O)=C/C(=O)C(F)(C(F)(F)F)C(F)(F)F)cc1F. The van der Waals surface area contributed by atoms with E-state index < -0.39 is 52.7 Å². The van der Waals surface area contributed by atoms with Crippen molar-refractivity contribution in [1.82, 2.24) is 0 Å². The summed E-state index contributed by atoms with van der Waals surface area (Å²) in [4.78, 5) is 13.8. The van der Waals surface area contributed by atoms with Crippen molar-refractivity contribution in [3.63, 3.8) is 0 Å². The summed E-state index contributed by atoms with van der Waals surface area (Å²) in [6, 6.07) is 1.88. The Kier molecular flexibility index (Phi) is 4.94. The van der Waals surface area contributed by atoms with E-state index >= 15 is 0 Å². The third-order valence-corrected chi connectivity index (χ3v) is 2.75. The molecule has 0 saturated carbocycles. The molecule has 0 heterocycles. The van der Waals surface area contributed by atoms with Crippen molar-refractivity contribution in [2.75, 3.05) is 0 Å². The van der Waals surface area contributed by atoms with Crippen molar-refractivity contribution < 1.29 is 45.0 Å². The number of benzene rings is 1. The zero-order valence-electron chi connectivity index (χ0n) is 11.1. The van der Waals surface area contributed by atoms with E-state index in [1.807, 2.05) is 0 Å². The second-order valence-electron chi connectivity index (χ2n) is 4.33. The van der Waals surface area contributed by atoms with Crippen LogP contribution in [0.4, 0.5) is 40.8 Å². The molecular formula is C13H5F8NO2. The van der Waals surface area contributed by atoms with E-state index in [0.29, 0.717) is 6.07 Å². The van der Waals surface area contributed by atoms with Crippen LogP contribution in [-0.4, -0.2) is 28.9 Å². The van der Waals surface area contributed by atoms with Crippen molar-refractivity contribution >= 4 is 17.2 Å². The van der Waals surface area contributed by atoms with Crippen molar-refractivity contribution in [1.29, 1.82) is 0 Å². The average Bonchev–Trinajstić information content (AvgIpc) is 2.43. The minimum Gasteiger partial charge on any atom is -0.507 e. The number of hydrogen-bond donors (Lipinski definition) is 1. The van der Waals surface area contributed by atoms with Gasteiger partial charge in [-0.15, -0.1) is 0 Å². The number of nitrogens with zero attached hydrogens (tertiary/aromatic N) is 1. The molecule has 0 saturated heterocycles.